The highest BCUT2D eigenvalue weighted by Crippen LogP contribution is 1.89. The number of nitrogens with zero attached hydrogens (tertiary/aromatic N) is 3. The van der Waals surface area contributed by atoms with Crippen molar-refractivity contribution in [3.8, 4) is 11.8 Å². The summed E-state index contributed by atoms with van der Waals surface area (Å²) in [6.07, 6.45) is 1.52. The third kappa shape index (κ3) is 2.07. The highest BCUT2D eigenvalue weighted by Gasteiger charge is 1.95. The quantitative estimate of drug-likeness (QED) is 0.619. The minimum absolute atomic E-state index is 0.677. The van der Waals surface area contributed by atoms with E-state index in [4.69, 9.17) is 0 Å². The molecule has 0 aliphatic heterocycles. The Bertz CT molecular complexity index is 291. The van der Waals surface area contributed by atoms with Gasteiger partial charge in [0.1, 0.15) is 6.33 Å². The summed E-state index contributed by atoms with van der Waals surface area (Å²) < 4.78 is 1.77. The monoisotopic (exact) mass is 164 g/mol. The first kappa shape index (κ1) is 8.75. The topological polar surface area (TPSA) is 42.7 Å². The fourth-order valence-corrected chi connectivity index (χ4v) is 0.804. The molecule has 0 radical (unpaired) electrons. The second kappa shape index (κ2) is 4.52. The molecule has 1 rings (SSSR count). The van der Waals surface area contributed by atoms with Gasteiger partial charge >= 0.3 is 0 Å². The molecular weight excluding hydrogens is 152 g/mol. The Labute approximate surface area is 72.0 Å². The number of hydrogen-bond donors (Lipinski definition) is 1. The standard InChI is InChI=1S/C8H12N4/c1-3-12-8(10-7-11-12)5-4-6-9-2/h7,9H,3,6H2,1-2H3. The van der Waals surface area contributed by atoms with E-state index in [-0.39, 0.29) is 0 Å². The average molecular weight is 164 g/mol. The molecule has 1 aromatic heterocycles. The number of nitrogens with one attached hydrogen (secondary N) is 1. The van der Waals surface area contributed by atoms with Crippen LogP contribution in [0.4, 0.5) is 0 Å². The Hall–Kier alpha value is -1.34. The van der Waals surface area contributed by atoms with Crippen LogP contribution in [-0.4, -0.2) is 28.4 Å². The van der Waals surface area contributed by atoms with Crippen molar-refractivity contribution in [2.24, 2.45) is 0 Å². The van der Waals surface area contributed by atoms with Crippen molar-refractivity contribution in [1.82, 2.24) is 20.1 Å². The van der Waals surface area contributed by atoms with Crippen LogP contribution in [0.25, 0.3) is 0 Å². The Kier molecular flexibility index (Phi) is 3.30. The Morgan fingerprint density at radius 3 is 3.17 bits per heavy atom. The number of aromatic nitrogens is 3. The Morgan fingerprint density at radius 2 is 2.50 bits per heavy atom. The van der Waals surface area contributed by atoms with Gasteiger partial charge in [-0.3, -0.25) is 0 Å². The van der Waals surface area contributed by atoms with E-state index in [9.17, 15) is 0 Å². The van der Waals surface area contributed by atoms with Gasteiger partial charge in [0.25, 0.3) is 0 Å². The molecule has 1 aromatic rings. The van der Waals surface area contributed by atoms with Gasteiger partial charge in [-0.15, -0.1) is 0 Å². The predicted octanol–water partition coefficient (Wildman–Crippen LogP) is -0.131. The minimum Gasteiger partial charge on any atom is -0.309 e. The fraction of sp³-hybridized carbons (Fsp3) is 0.500. The summed E-state index contributed by atoms with van der Waals surface area (Å²) in [5.41, 5.74) is 0. The van der Waals surface area contributed by atoms with E-state index in [0.717, 1.165) is 12.4 Å². The van der Waals surface area contributed by atoms with Crippen LogP contribution in [0.15, 0.2) is 6.33 Å². The molecule has 0 spiro atoms. The molecule has 1 heterocycles. The molecule has 0 aromatic carbocycles. The van der Waals surface area contributed by atoms with Crippen LogP contribution in [0.1, 0.15) is 12.7 Å². The molecule has 0 bridgehead atoms. The molecule has 4 nitrogen and oxygen atoms in total. The predicted molar refractivity (Wildman–Crippen MR) is 46.5 cm³/mol. The number of hydrogen-bond acceptors (Lipinski definition) is 3. The lowest BCUT2D eigenvalue weighted by molar-refractivity contribution is 0.649. The summed E-state index contributed by atoms with van der Waals surface area (Å²) >= 11 is 0. The van der Waals surface area contributed by atoms with Gasteiger partial charge in [0, 0.05) is 6.54 Å². The van der Waals surface area contributed by atoms with Crippen molar-refractivity contribution in [2.45, 2.75) is 13.5 Å². The van der Waals surface area contributed by atoms with E-state index in [1.165, 1.54) is 6.33 Å². The van der Waals surface area contributed by atoms with Crippen molar-refractivity contribution in [2.75, 3.05) is 13.6 Å². The molecule has 64 valence electrons. The molecule has 0 aliphatic rings. The molecule has 0 fully saturated rings. The van der Waals surface area contributed by atoms with Gasteiger partial charge in [-0.05, 0) is 19.9 Å². The van der Waals surface area contributed by atoms with Crippen LogP contribution in [0.3, 0.4) is 0 Å². The van der Waals surface area contributed by atoms with E-state index in [1.54, 1.807) is 4.68 Å². The van der Waals surface area contributed by atoms with Gasteiger partial charge in [-0.2, -0.15) is 5.10 Å². The lowest BCUT2D eigenvalue weighted by Crippen LogP contribution is -2.05. The Morgan fingerprint density at radius 1 is 1.67 bits per heavy atom. The highest BCUT2D eigenvalue weighted by atomic mass is 15.3. The van der Waals surface area contributed by atoms with E-state index in [0.29, 0.717) is 6.54 Å². The fourth-order valence-electron chi connectivity index (χ4n) is 0.804. The molecule has 0 unspecified atom stereocenters. The lowest BCUT2D eigenvalue weighted by atomic mass is 10.5. The second-order valence-electron chi connectivity index (χ2n) is 2.23. The summed E-state index contributed by atoms with van der Waals surface area (Å²) in [4.78, 5) is 4.01. The third-order valence-corrected chi connectivity index (χ3v) is 1.38. The normalized spacial score (nSPS) is 9.17. The Balaban J connectivity index is 2.69. The summed E-state index contributed by atoms with van der Waals surface area (Å²) in [6.45, 7) is 3.50. The minimum atomic E-state index is 0.677. The van der Waals surface area contributed by atoms with Crippen LogP contribution < -0.4 is 5.32 Å². The summed E-state index contributed by atoms with van der Waals surface area (Å²) in [6, 6.07) is 0. The number of aryl methyl sites for hydroxylation is 1. The van der Waals surface area contributed by atoms with Crippen LogP contribution in [0.5, 0.6) is 0 Å². The van der Waals surface area contributed by atoms with Gasteiger partial charge in [-0.1, -0.05) is 5.92 Å². The zero-order valence-electron chi connectivity index (χ0n) is 7.33. The number of rotatable bonds is 2. The maximum atomic E-state index is 4.01. The van der Waals surface area contributed by atoms with Crippen molar-refractivity contribution >= 4 is 0 Å². The van der Waals surface area contributed by atoms with Crippen molar-refractivity contribution in [3.63, 3.8) is 0 Å². The molecular formula is C8H12N4. The first-order valence-corrected chi connectivity index (χ1v) is 3.89. The lowest BCUT2D eigenvalue weighted by Gasteiger charge is -1.93. The molecule has 0 atom stereocenters. The maximum absolute atomic E-state index is 4.01. The molecule has 0 aliphatic carbocycles. The van der Waals surface area contributed by atoms with Gasteiger partial charge < -0.3 is 5.32 Å². The van der Waals surface area contributed by atoms with Crippen molar-refractivity contribution < 1.29 is 0 Å². The van der Waals surface area contributed by atoms with Gasteiger partial charge in [0.05, 0.1) is 6.54 Å². The second-order valence-corrected chi connectivity index (χ2v) is 2.23. The molecule has 0 amide bonds. The third-order valence-electron chi connectivity index (χ3n) is 1.38. The molecule has 12 heavy (non-hydrogen) atoms. The molecule has 4 heteroatoms. The van der Waals surface area contributed by atoms with Gasteiger partial charge in [0.2, 0.25) is 5.82 Å². The zero-order valence-corrected chi connectivity index (χ0v) is 7.33. The maximum Gasteiger partial charge on any atom is 0.203 e. The van der Waals surface area contributed by atoms with Crippen LogP contribution in [0, 0.1) is 11.8 Å². The summed E-state index contributed by atoms with van der Waals surface area (Å²) in [5, 5.41) is 6.93. The van der Waals surface area contributed by atoms with E-state index in [1.807, 2.05) is 14.0 Å². The van der Waals surface area contributed by atoms with Gasteiger partial charge in [0.15, 0.2) is 0 Å². The largest absolute Gasteiger partial charge is 0.309 e. The van der Waals surface area contributed by atoms with Crippen LogP contribution in [0.2, 0.25) is 0 Å². The molecule has 0 saturated heterocycles. The first-order chi connectivity index (χ1) is 5.88. The van der Waals surface area contributed by atoms with Crippen LogP contribution in [-0.2, 0) is 6.54 Å². The van der Waals surface area contributed by atoms with E-state index >= 15 is 0 Å². The SMILES string of the molecule is CCn1ncnc1C#CCNC. The smallest absolute Gasteiger partial charge is 0.203 e. The van der Waals surface area contributed by atoms with Crippen molar-refractivity contribution in [3.05, 3.63) is 12.2 Å². The summed E-state index contributed by atoms with van der Waals surface area (Å²) in [5.74, 6) is 6.58. The summed E-state index contributed by atoms with van der Waals surface area (Å²) in [7, 11) is 1.86. The molecule has 1 N–H and O–H groups in total. The van der Waals surface area contributed by atoms with E-state index < -0.39 is 0 Å². The highest BCUT2D eigenvalue weighted by molar-refractivity contribution is 5.20. The molecule has 0 saturated carbocycles. The zero-order chi connectivity index (χ0) is 8.81. The van der Waals surface area contributed by atoms with Crippen molar-refractivity contribution in [1.29, 1.82) is 0 Å². The average Bonchev–Trinajstić information content (AvgIpc) is 2.52. The van der Waals surface area contributed by atoms with Crippen LogP contribution >= 0.6 is 0 Å². The van der Waals surface area contributed by atoms with Gasteiger partial charge in [-0.25, -0.2) is 9.67 Å². The first-order valence-electron chi connectivity index (χ1n) is 3.89. The van der Waals surface area contributed by atoms with E-state index in [2.05, 4.69) is 27.2 Å².